The van der Waals surface area contributed by atoms with Crippen LogP contribution in [0.4, 0.5) is 0 Å². The van der Waals surface area contributed by atoms with E-state index in [1.165, 1.54) is 6.92 Å². The van der Waals surface area contributed by atoms with Crippen LogP contribution in [0.25, 0.3) is 0 Å². The van der Waals surface area contributed by atoms with Crippen molar-refractivity contribution in [3.8, 4) is 0 Å². The fourth-order valence-electron chi connectivity index (χ4n) is 1.51. The van der Waals surface area contributed by atoms with Gasteiger partial charge >= 0.3 is 0 Å². The third kappa shape index (κ3) is 8.76. The summed E-state index contributed by atoms with van der Waals surface area (Å²) in [4.78, 5) is 21.9. The lowest BCUT2D eigenvalue weighted by Crippen LogP contribution is -2.20. The lowest BCUT2D eigenvalue weighted by Gasteiger charge is -2.11. The highest BCUT2D eigenvalue weighted by Crippen LogP contribution is 2.04. The van der Waals surface area contributed by atoms with E-state index in [1.54, 1.807) is 14.2 Å². The van der Waals surface area contributed by atoms with Crippen molar-refractivity contribution in [3.63, 3.8) is 0 Å². The molecule has 0 N–H and O–H groups in total. The molecule has 94 valence electrons. The molecule has 0 rings (SSSR count). The first-order chi connectivity index (χ1) is 7.60. The van der Waals surface area contributed by atoms with Crippen LogP contribution in [0.2, 0.25) is 6.04 Å². The molecule has 0 aromatic rings. The van der Waals surface area contributed by atoms with Crippen molar-refractivity contribution in [2.75, 3.05) is 14.2 Å². The van der Waals surface area contributed by atoms with E-state index >= 15 is 0 Å². The summed E-state index contributed by atoms with van der Waals surface area (Å²) in [6.07, 6.45) is 2.52. The first-order valence-electron chi connectivity index (χ1n) is 5.67. The van der Waals surface area contributed by atoms with E-state index in [2.05, 4.69) is 0 Å². The number of ether oxygens (including phenoxy) is 2. The molecule has 0 aliphatic carbocycles. The average molecular weight is 246 g/mol. The van der Waals surface area contributed by atoms with E-state index in [-0.39, 0.29) is 33.4 Å². The molecular formula is C11H22O4Si. The molecule has 0 aliphatic heterocycles. The molecule has 0 amide bonds. The van der Waals surface area contributed by atoms with Crippen molar-refractivity contribution >= 4 is 21.1 Å². The lowest BCUT2D eigenvalue weighted by molar-refractivity contribution is -0.125. The zero-order chi connectivity index (χ0) is 12.4. The maximum Gasteiger partial charge on any atom is 0.140 e. The van der Waals surface area contributed by atoms with Crippen molar-refractivity contribution in [2.24, 2.45) is 0 Å². The molecule has 5 heteroatoms. The summed E-state index contributed by atoms with van der Waals surface area (Å²) in [5.41, 5.74) is 0. The van der Waals surface area contributed by atoms with Gasteiger partial charge in [-0.3, -0.25) is 9.59 Å². The van der Waals surface area contributed by atoms with Gasteiger partial charge in [0.1, 0.15) is 17.5 Å². The molecule has 0 unspecified atom stereocenters. The van der Waals surface area contributed by atoms with Gasteiger partial charge in [-0.1, -0.05) is 12.5 Å². The molecule has 16 heavy (non-hydrogen) atoms. The van der Waals surface area contributed by atoms with E-state index in [4.69, 9.17) is 9.47 Å². The van der Waals surface area contributed by atoms with E-state index in [1.807, 2.05) is 0 Å². The largest absolute Gasteiger partial charge is 0.360 e. The second kappa shape index (κ2) is 9.69. The Morgan fingerprint density at radius 3 is 2.31 bits per heavy atom. The van der Waals surface area contributed by atoms with Crippen LogP contribution in [-0.2, 0) is 19.1 Å². The number of rotatable bonds is 10. The summed E-state index contributed by atoms with van der Waals surface area (Å²) in [6, 6.07) is 1.11. The SMILES string of the molecule is COC(OC)[SiH2]CCCCC(=O)CC(C)=O. The Labute approximate surface area is 99.5 Å². The summed E-state index contributed by atoms with van der Waals surface area (Å²) in [5, 5.41) is 0. The second-order valence-electron chi connectivity index (χ2n) is 3.92. The minimum Gasteiger partial charge on any atom is -0.360 e. The Morgan fingerprint density at radius 2 is 1.81 bits per heavy atom. The Hall–Kier alpha value is -0.523. The number of Topliss-reactive ketones (excluding diaryl/α,β-unsaturated/α-hetero) is 2. The zero-order valence-corrected chi connectivity index (χ0v) is 11.9. The predicted octanol–water partition coefficient (Wildman–Crippen LogP) is 0.868. The van der Waals surface area contributed by atoms with E-state index < -0.39 is 0 Å². The van der Waals surface area contributed by atoms with Gasteiger partial charge in [0, 0.05) is 20.6 Å². The normalized spacial score (nSPS) is 11.5. The Kier molecular flexibility index (Phi) is 9.37. The summed E-state index contributed by atoms with van der Waals surface area (Å²) < 4.78 is 10.2. The highest BCUT2D eigenvalue weighted by Gasteiger charge is 2.07. The number of hydrogen-bond donors (Lipinski definition) is 0. The van der Waals surface area contributed by atoms with Gasteiger partial charge in [0.05, 0.1) is 15.9 Å². The van der Waals surface area contributed by atoms with Crippen molar-refractivity contribution < 1.29 is 19.1 Å². The van der Waals surface area contributed by atoms with Crippen molar-refractivity contribution in [3.05, 3.63) is 0 Å². The topological polar surface area (TPSA) is 52.6 Å². The highest BCUT2D eigenvalue weighted by atomic mass is 28.2. The molecule has 0 fully saturated rings. The smallest absolute Gasteiger partial charge is 0.140 e. The standard InChI is InChI=1S/C11H22O4Si/c1-9(12)8-10(13)6-4-5-7-16-11(14-2)15-3/h11H,4-8,16H2,1-3H3. The van der Waals surface area contributed by atoms with Gasteiger partial charge in [0.25, 0.3) is 0 Å². The van der Waals surface area contributed by atoms with Crippen LogP contribution in [0.3, 0.4) is 0 Å². The Morgan fingerprint density at radius 1 is 1.19 bits per heavy atom. The van der Waals surface area contributed by atoms with Crippen molar-refractivity contribution in [1.82, 2.24) is 0 Å². The molecule has 0 atom stereocenters. The molecule has 0 saturated heterocycles. The lowest BCUT2D eigenvalue weighted by atomic mass is 10.1. The number of methoxy groups -OCH3 is 2. The fraction of sp³-hybridized carbons (Fsp3) is 0.818. The zero-order valence-electron chi connectivity index (χ0n) is 10.5. The molecule has 0 aliphatic rings. The number of ketones is 2. The van der Waals surface area contributed by atoms with Gasteiger partial charge in [0.15, 0.2) is 0 Å². The van der Waals surface area contributed by atoms with Gasteiger partial charge in [-0.05, 0) is 13.3 Å². The number of unbranched alkanes of at least 4 members (excludes halogenated alkanes) is 1. The van der Waals surface area contributed by atoms with Crippen LogP contribution in [0.15, 0.2) is 0 Å². The van der Waals surface area contributed by atoms with Gasteiger partial charge in [-0.15, -0.1) is 0 Å². The Balaban J connectivity index is 3.39. The van der Waals surface area contributed by atoms with Crippen molar-refractivity contribution in [1.29, 1.82) is 0 Å². The number of hydrogen-bond acceptors (Lipinski definition) is 4. The monoisotopic (exact) mass is 246 g/mol. The van der Waals surface area contributed by atoms with Crippen LogP contribution in [-0.4, -0.2) is 41.2 Å². The molecule has 0 aromatic heterocycles. The van der Waals surface area contributed by atoms with Gasteiger partial charge in [-0.2, -0.15) is 0 Å². The van der Waals surface area contributed by atoms with E-state index in [0.717, 1.165) is 18.9 Å². The van der Waals surface area contributed by atoms with Crippen LogP contribution < -0.4 is 0 Å². The number of carbonyl (C=O) groups excluding carboxylic acids is 2. The van der Waals surface area contributed by atoms with Crippen molar-refractivity contribution in [2.45, 2.75) is 44.6 Å². The maximum atomic E-state index is 11.2. The first kappa shape index (κ1) is 15.5. The minimum absolute atomic E-state index is 0.00655. The van der Waals surface area contributed by atoms with Gasteiger partial charge in [-0.25, -0.2) is 0 Å². The third-order valence-electron chi connectivity index (χ3n) is 2.37. The summed E-state index contributed by atoms with van der Waals surface area (Å²) in [6.45, 7) is 1.45. The molecule has 0 bridgehead atoms. The van der Waals surface area contributed by atoms with Gasteiger partial charge in [0.2, 0.25) is 0 Å². The van der Waals surface area contributed by atoms with Crippen LogP contribution in [0.5, 0.6) is 0 Å². The second-order valence-corrected chi connectivity index (χ2v) is 5.87. The maximum absolute atomic E-state index is 11.2. The fourth-order valence-corrected chi connectivity index (χ4v) is 2.95. The number of carbonyl (C=O) groups is 2. The summed E-state index contributed by atoms with van der Waals surface area (Å²) in [7, 11) is 2.94. The summed E-state index contributed by atoms with van der Waals surface area (Å²) >= 11 is 0. The molecule has 0 radical (unpaired) electrons. The van der Waals surface area contributed by atoms with Crippen LogP contribution >= 0.6 is 0 Å². The van der Waals surface area contributed by atoms with Crippen LogP contribution in [0, 0.1) is 0 Å². The quantitative estimate of drug-likeness (QED) is 0.248. The first-order valence-corrected chi connectivity index (χ1v) is 7.48. The summed E-state index contributed by atoms with van der Waals surface area (Å²) in [5.74, 6) is 0.00956. The highest BCUT2D eigenvalue weighted by molar-refractivity contribution is 6.36. The molecule has 0 spiro atoms. The van der Waals surface area contributed by atoms with Crippen LogP contribution in [0.1, 0.15) is 32.6 Å². The van der Waals surface area contributed by atoms with Gasteiger partial charge < -0.3 is 9.47 Å². The predicted molar refractivity (Wildman–Crippen MR) is 65.3 cm³/mol. The molecule has 0 heterocycles. The third-order valence-corrected chi connectivity index (χ3v) is 4.41. The molecule has 0 aromatic carbocycles. The van der Waals surface area contributed by atoms with E-state index in [0.29, 0.717) is 6.42 Å². The molecule has 4 nitrogen and oxygen atoms in total. The average Bonchev–Trinajstić information content (AvgIpc) is 2.22. The molecule has 0 saturated carbocycles. The Bertz CT molecular complexity index is 214. The molecular weight excluding hydrogens is 224 g/mol. The minimum atomic E-state index is -0.364. The van der Waals surface area contributed by atoms with E-state index in [9.17, 15) is 9.59 Å².